The summed E-state index contributed by atoms with van der Waals surface area (Å²) in [5.74, 6) is 2.82. The van der Waals surface area contributed by atoms with Gasteiger partial charge in [0.2, 0.25) is 0 Å². The molecular formula is C19H23BrN6O. The number of nitrogens with zero attached hydrogens (tertiary/aromatic N) is 4. The first-order chi connectivity index (χ1) is 13.0. The third-order valence-corrected chi connectivity index (χ3v) is 6.72. The van der Waals surface area contributed by atoms with Crippen LogP contribution in [0.5, 0.6) is 0 Å². The molecule has 0 bridgehead atoms. The molecule has 1 aromatic heterocycles. The number of urea groups is 1. The maximum atomic E-state index is 12.7. The molecule has 1 atom stereocenters. The van der Waals surface area contributed by atoms with Gasteiger partial charge in [-0.3, -0.25) is 5.10 Å². The van der Waals surface area contributed by atoms with Crippen LogP contribution in [0, 0.1) is 5.41 Å². The van der Waals surface area contributed by atoms with E-state index in [1.165, 1.54) is 12.8 Å². The lowest BCUT2D eigenvalue weighted by Crippen LogP contribution is -2.62. The van der Waals surface area contributed by atoms with Crippen LogP contribution in [0.4, 0.5) is 10.5 Å². The standard InChI is InChI=1S/C19H23BrN6O/c1-25-8-13(17-22-16(23-24-17)12-6-7-12)19(9-25)10-26(11-19)18(27)21-15-5-3-2-4-14(15)20/h2-5,12-13H,6-11H2,1H3,(H,21,27)(H,22,23,24). The van der Waals surface area contributed by atoms with Gasteiger partial charge in [0, 0.05) is 47.9 Å². The number of anilines is 1. The van der Waals surface area contributed by atoms with Crippen molar-refractivity contribution in [3.8, 4) is 0 Å². The Morgan fingerprint density at radius 3 is 2.81 bits per heavy atom. The maximum absolute atomic E-state index is 12.7. The summed E-state index contributed by atoms with van der Waals surface area (Å²) in [6.45, 7) is 3.43. The zero-order valence-electron chi connectivity index (χ0n) is 15.3. The van der Waals surface area contributed by atoms with Crippen LogP contribution >= 0.6 is 15.9 Å². The molecule has 5 rings (SSSR count). The second-order valence-electron chi connectivity index (χ2n) is 8.23. The number of nitrogens with one attached hydrogen (secondary N) is 2. The van der Waals surface area contributed by atoms with E-state index in [0.717, 1.165) is 48.0 Å². The monoisotopic (exact) mass is 430 g/mol. The molecule has 1 aliphatic carbocycles. The van der Waals surface area contributed by atoms with E-state index in [-0.39, 0.29) is 11.4 Å². The van der Waals surface area contributed by atoms with Crippen molar-refractivity contribution in [2.24, 2.45) is 5.41 Å². The first-order valence-electron chi connectivity index (χ1n) is 9.45. The zero-order valence-corrected chi connectivity index (χ0v) is 16.9. The summed E-state index contributed by atoms with van der Waals surface area (Å²) >= 11 is 3.48. The average Bonchev–Trinajstić information content (AvgIpc) is 3.23. The molecule has 3 heterocycles. The topological polar surface area (TPSA) is 77.2 Å². The summed E-state index contributed by atoms with van der Waals surface area (Å²) in [6.07, 6.45) is 2.41. The van der Waals surface area contributed by atoms with E-state index >= 15 is 0 Å². The lowest BCUT2D eigenvalue weighted by molar-refractivity contribution is 0.0322. The lowest BCUT2D eigenvalue weighted by atomic mass is 9.71. The molecule has 2 aromatic rings. The molecule has 27 heavy (non-hydrogen) atoms. The zero-order chi connectivity index (χ0) is 18.6. The van der Waals surface area contributed by atoms with Crippen LogP contribution in [-0.2, 0) is 0 Å². The van der Waals surface area contributed by atoms with Gasteiger partial charge in [-0.2, -0.15) is 5.10 Å². The fraction of sp³-hybridized carbons (Fsp3) is 0.526. The number of aromatic amines is 1. The summed E-state index contributed by atoms with van der Waals surface area (Å²) in [5.41, 5.74) is 0.869. The van der Waals surface area contributed by atoms with Gasteiger partial charge in [-0.05, 0) is 48.0 Å². The Hall–Kier alpha value is -1.93. The molecule has 1 saturated carbocycles. The second-order valence-corrected chi connectivity index (χ2v) is 9.09. The SMILES string of the molecule is CN1CC(c2nc(C3CC3)n[nH]2)C2(C1)CN(C(=O)Nc1ccccc1Br)C2. The minimum absolute atomic E-state index is 0.0444. The highest BCUT2D eigenvalue weighted by Gasteiger charge is 2.56. The Labute approximate surface area is 166 Å². The van der Waals surface area contributed by atoms with Gasteiger partial charge in [-0.1, -0.05) is 12.1 Å². The van der Waals surface area contributed by atoms with Crippen molar-refractivity contribution in [3.63, 3.8) is 0 Å². The van der Waals surface area contributed by atoms with Crippen molar-refractivity contribution in [2.75, 3.05) is 38.5 Å². The minimum Gasteiger partial charge on any atom is -0.323 e. The maximum Gasteiger partial charge on any atom is 0.321 e. The van der Waals surface area contributed by atoms with E-state index in [1.54, 1.807) is 0 Å². The summed E-state index contributed by atoms with van der Waals surface area (Å²) < 4.78 is 0.890. The molecule has 2 aliphatic heterocycles. The number of aromatic nitrogens is 3. The number of carbonyl (C=O) groups is 1. The fourth-order valence-electron chi connectivity index (χ4n) is 4.50. The summed E-state index contributed by atoms with van der Waals surface area (Å²) in [5, 5.41) is 10.6. The number of likely N-dealkylation sites (tertiary alicyclic amines) is 2. The van der Waals surface area contributed by atoms with Gasteiger partial charge in [0.05, 0.1) is 5.69 Å². The molecule has 2 saturated heterocycles. The van der Waals surface area contributed by atoms with Crippen molar-refractivity contribution < 1.29 is 4.79 Å². The number of rotatable bonds is 3. The number of amides is 2. The van der Waals surface area contributed by atoms with Crippen molar-refractivity contribution in [1.82, 2.24) is 25.0 Å². The number of carbonyl (C=O) groups excluding carboxylic acids is 1. The normalized spacial score (nSPS) is 24.2. The summed E-state index contributed by atoms with van der Waals surface area (Å²) in [6, 6.07) is 7.64. The van der Waals surface area contributed by atoms with E-state index in [2.05, 4.69) is 43.4 Å². The van der Waals surface area contributed by atoms with E-state index in [0.29, 0.717) is 11.8 Å². The summed E-state index contributed by atoms with van der Waals surface area (Å²) in [7, 11) is 2.14. The minimum atomic E-state index is -0.0444. The Bertz CT molecular complexity index is 873. The van der Waals surface area contributed by atoms with Crippen LogP contribution in [0.25, 0.3) is 0 Å². The van der Waals surface area contributed by atoms with Gasteiger partial charge in [-0.15, -0.1) is 0 Å². The molecule has 2 N–H and O–H groups in total. The highest BCUT2D eigenvalue weighted by Crippen LogP contribution is 2.48. The Balaban J connectivity index is 1.29. The quantitative estimate of drug-likeness (QED) is 0.784. The fourth-order valence-corrected chi connectivity index (χ4v) is 4.88. The van der Waals surface area contributed by atoms with E-state index in [9.17, 15) is 4.79 Å². The number of hydrogen-bond donors (Lipinski definition) is 2. The Kier molecular flexibility index (Phi) is 4.01. The molecule has 2 amide bonds. The highest BCUT2D eigenvalue weighted by molar-refractivity contribution is 9.10. The number of hydrogen-bond acceptors (Lipinski definition) is 4. The molecule has 8 heteroatoms. The van der Waals surface area contributed by atoms with Crippen molar-refractivity contribution in [3.05, 3.63) is 40.4 Å². The molecule has 0 radical (unpaired) electrons. The first-order valence-corrected chi connectivity index (χ1v) is 10.2. The van der Waals surface area contributed by atoms with Crippen molar-refractivity contribution >= 4 is 27.6 Å². The van der Waals surface area contributed by atoms with E-state index in [1.807, 2.05) is 29.2 Å². The van der Waals surface area contributed by atoms with E-state index in [4.69, 9.17) is 4.98 Å². The van der Waals surface area contributed by atoms with Gasteiger partial charge >= 0.3 is 6.03 Å². The Morgan fingerprint density at radius 1 is 1.30 bits per heavy atom. The molecule has 1 unspecified atom stereocenters. The molecular weight excluding hydrogens is 408 g/mol. The van der Waals surface area contributed by atoms with Crippen molar-refractivity contribution in [2.45, 2.75) is 24.7 Å². The number of H-pyrrole nitrogens is 1. The van der Waals surface area contributed by atoms with Gasteiger partial charge < -0.3 is 15.1 Å². The largest absolute Gasteiger partial charge is 0.323 e. The van der Waals surface area contributed by atoms with E-state index < -0.39 is 0 Å². The van der Waals surface area contributed by atoms with Crippen LogP contribution in [0.15, 0.2) is 28.7 Å². The third-order valence-electron chi connectivity index (χ3n) is 6.03. The average molecular weight is 431 g/mol. The number of halogens is 1. The molecule has 3 aliphatic rings. The van der Waals surface area contributed by atoms with Gasteiger partial charge in [0.15, 0.2) is 5.82 Å². The van der Waals surface area contributed by atoms with Crippen LogP contribution in [0.1, 0.15) is 36.3 Å². The van der Waals surface area contributed by atoms with Crippen LogP contribution in [-0.4, -0.2) is 64.2 Å². The molecule has 142 valence electrons. The highest BCUT2D eigenvalue weighted by atomic mass is 79.9. The number of benzene rings is 1. The molecule has 3 fully saturated rings. The van der Waals surface area contributed by atoms with Gasteiger partial charge in [-0.25, -0.2) is 9.78 Å². The van der Waals surface area contributed by atoms with Crippen LogP contribution in [0.3, 0.4) is 0 Å². The van der Waals surface area contributed by atoms with Gasteiger partial charge in [0.25, 0.3) is 0 Å². The summed E-state index contributed by atoms with van der Waals surface area (Å²) in [4.78, 5) is 21.7. The molecule has 1 spiro atoms. The second kappa shape index (κ2) is 6.31. The van der Waals surface area contributed by atoms with Gasteiger partial charge in [0.1, 0.15) is 5.82 Å². The number of likely N-dealkylation sites (N-methyl/N-ethyl adjacent to an activating group) is 1. The van der Waals surface area contributed by atoms with Crippen LogP contribution in [0.2, 0.25) is 0 Å². The molecule has 7 nitrogen and oxygen atoms in total. The number of para-hydroxylation sites is 1. The molecule has 1 aromatic carbocycles. The van der Waals surface area contributed by atoms with Crippen molar-refractivity contribution in [1.29, 1.82) is 0 Å². The van der Waals surface area contributed by atoms with Crippen LogP contribution < -0.4 is 5.32 Å². The Morgan fingerprint density at radius 2 is 2.07 bits per heavy atom. The smallest absolute Gasteiger partial charge is 0.321 e. The third kappa shape index (κ3) is 3.04. The predicted octanol–water partition coefficient (Wildman–Crippen LogP) is 3.01. The predicted molar refractivity (Wildman–Crippen MR) is 106 cm³/mol. The lowest BCUT2D eigenvalue weighted by Gasteiger charge is -2.50. The first kappa shape index (κ1) is 17.2.